The zero-order valence-corrected chi connectivity index (χ0v) is 17.7. The number of benzene rings is 1. The van der Waals surface area contributed by atoms with Gasteiger partial charge in [-0.3, -0.25) is 14.4 Å². The smallest absolute Gasteiger partial charge is 0.329 e. The van der Waals surface area contributed by atoms with Gasteiger partial charge in [-0.15, -0.1) is 0 Å². The third-order valence-electron chi connectivity index (χ3n) is 6.56. The first-order valence-electron chi connectivity index (χ1n) is 10.7. The highest BCUT2D eigenvalue weighted by Crippen LogP contribution is 2.35. The first-order valence-corrected chi connectivity index (χ1v) is 10.7. The summed E-state index contributed by atoms with van der Waals surface area (Å²) in [4.78, 5) is 53.4. The lowest BCUT2D eigenvalue weighted by Gasteiger charge is -2.43. The number of imide groups is 1. The van der Waals surface area contributed by atoms with Crippen LogP contribution in [0, 0.1) is 5.92 Å². The van der Waals surface area contributed by atoms with Crippen LogP contribution in [0.2, 0.25) is 0 Å². The zero-order valence-electron chi connectivity index (χ0n) is 17.7. The molecule has 3 aliphatic heterocycles. The van der Waals surface area contributed by atoms with E-state index in [2.05, 4.69) is 5.32 Å². The van der Waals surface area contributed by atoms with Crippen LogP contribution in [-0.2, 0) is 16.1 Å². The highest BCUT2D eigenvalue weighted by Gasteiger charge is 2.42. The molecule has 0 unspecified atom stereocenters. The number of likely N-dealkylation sites (tertiary alicyclic amines) is 1. The van der Waals surface area contributed by atoms with Gasteiger partial charge in [0.1, 0.15) is 11.8 Å². The molecule has 2 aromatic rings. The Hall–Kier alpha value is -3.62. The van der Waals surface area contributed by atoms with Crippen LogP contribution in [0.4, 0.5) is 10.5 Å². The molecule has 1 N–H and O–H groups in total. The Bertz CT molecular complexity index is 1140. The third kappa shape index (κ3) is 3.43. The molecule has 1 aromatic carbocycles. The quantitative estimate of drug-likeness (QED) is 0.729. The summed E-state index contributed by atoms with van der Waals surface area (Å²) in [5.74, 6) is 0.316. The molecule has 0 aliphatic carbocycles. The van der Waals surface area contributed by atoms with E-state index in [0.717, 1.165) is 17.0 Å². The van der Waals surface area contributed by atoms with Gasteiger partial charge < -0.3 is 19.5 Å². The second-order valence-electron chi connectivity index (χ2n) is 8.57. The summed E-state index contributed by atoms with van der Waals surface area (Å²) in [5.41, 5.74) is 1.38. The normalized spacial score (nSPS) is 24.2. The Morgan fingerprint density at radius 3 is 2.59 bits per heavy atom. The number of aromatic nitrogens is 1. The molecule has 0 saturated carbocycles. The molecule has 32 heavy (non-hydrogen) atoms. The molecular weight excluding hydrogens is 412 g/mol. The molecule has 0 radical (unpaired) electrons. The number of amides is 4. The van der Waals surface area contributed by atoms with E-state index < -0.39 is 18.0 Å². The zero-order chi connectivity index (χ0) is 22.4. The number of carbonyl (C=O) groups excluding carboxylic acids is 3. The molecular formula is C23H24N4O5. The Kier molecular flexibility index (Phi) is 4.96. The molecule has 166 valence electrons. The number of piperidine rings is 1. The number of nitrogens with zero attached hydrogens (tertiary/aromatic N) is 3. The Labute approximate surface area is 184 Å². The minimum absolute atomic E-state index is 0.00476. The maximum absolute atomic E-state index is 13.1. The lowest BCUT2D eigenvalue weighted by atomic mass is 9.83. The molecule has 5 rings (SSSR count). The van der Waals surface area contributed by atoms with E-state index in [0.29, 0.717) is 31.1 Å². The highest BCUT2D eigenvalue weighted by atomic mass is 16.5. The molecule has 4 heterocycles. The van der Waals surface area contributed by atoms with Crippen molar-refractivity contribution in [2.45, 2.75) is 31.3 Å². The SMILES string of the molecule is COc1ccc(N2C(=O)N[C@@H](CC(=O)N3C[C@H]4C[C@@H](C3)c3cccc(=O)n3C4)C2=O)cc1. The lowest BCUT2D eigenvalue weighted by molar-refractivity contribution is -0.136. The fourth-order valence-corrected chi connectivity index (χ4v) is 5.05. The van der Waals surface area contributed by atoms with Gasteiger partial charge in [0.2, 0.25) is 5.91 Å². The second-order valence-corrected chi connectivity index (χ2v) is 8.57. The van der Waals surface area contributed by atoms with Gasteiger partial charge in [0.05, 0.1) is 19.2 Å². The van der Waals surface area contributed by atoms with Crippen molar-refractivity contribution in [1.82, 2.24) is 14.8 Å². The van der Waals surface area contributed by atoms with E-state index in [9.17, 15) is 19.2 Å². The van der Waals surface area contributed by atoms with Crippen molar-refractivity contribution in [3.05, 3.63) is 58.5 Å². The van der Waals surface area contributed by atoms with Crippen LogP contribution in [0.15, 0.2) is 47.3 Å². The molecule has 4 amide bonds. The monoisotopic (exact) mass is 436 g/mol. The summed E-state index contributed by atoms with van der Waals surface area (Å²) >= 11 is 0. The van der Waals surface area contributed by atoms with E-state index >= 15 is 0 Å². The third-order valence-corrected chi connectivity index (χ3v) is 6.56. The van der Waals surface area contributed by atoms with Crippen molar-refractivity contribution in [2.75, 3.05) is 25.1 Å². The number of hydrogen-bond acceptors (Lipinski definition) is 5. The summed E-state index contributed by atoms with van der Waals surface area (Å²) < 4.78 is 6.93. The van der Waals surface area contributed by atoms with Crippen LogP contribution in [0.5, 0.6) is 5.75 Å². The number of anilines is 1. The van der Waals surface area contributed by atoms with Gasteiger partial charge in [-0.1, -0.05) is 6.07 Å². The van der Waals surface area contributed by atoms with Gasteiger partial charge in [0.15, 0.2) is 0 Å². The summed E-state index contributed by atoms with van der Waals surface area (Å²) in [6, 6.07) is 10.4. The summed E-state index contributed by atoms with van der Waals surface area (Å²) in [6.07, 6.45) is 0.857. The second kappa shape index (κ2) is 7.81. The maximum atomic E-state index is 13.1. The number of fused-ring (bicyclic) bond motifs is 4. The van der Waals surface area contributed by atoms with E-state index in [1.165, 1.54) is 7.11 Å². The number of urea groups is 1. The van der Waals surface area contributed by atoms with E-state index in [4.69, 9.17) is 4.74 Å². The van der Waals surface area contributed by atoms with Crippen molar-refractivity contribution in [2.24, 2.45) is 5.92 Å². The van der Waals surface area contributed by atoms with Gasteiger partial charge in [0, 0.05) is 37.3 Å². The number of rotatable bonds is 4. The van der Waals surface area contributed by atoms with Gasteiger partial charge >= 0.3 is 6.03 Å². The topological polar surface area (TPSA) is 101 Å². The van der Waals surface area contributed by atoms with Crippen molar-refractivity contribution in [1.29, 1.82) is 0 Å². The first-order chi connectivity index (χ1) is 15.4. The Morgan fingerprint density at radius 2 is 1.84 bits per heavy atom. The standard InChI is InChI=1S/C23H24N4O5/c1-32-17-7-5-16(6-8-17)27-22(30)18(24-23(27)31)10-21(29)25-11-14-9-15(13-25)19-3-2-4-20(28)26(19)12-14/h2-8,14-15,18H,9-13H2,1H3,(H,24,31)/t14-,15+,18+/m1/s1. The van der Waals surface area contributed by atoms with Crippen molar-refractivity contribution >= 4 is 23.5 Å². The number of ether oxygens (including phenoxy) is 1. The van der Waals surface area contributed by atoms with E-state index in [-0.39, 0.29) is 29.7 Å². The molecule has 2 saturated heterocycles. The molecule has 1 aromatic heterocycles. The van der Waals surface area contributed by atoms with Crippen LogP contribution >= 0.6 is 0 Å². The average Bonchev–Trinajstić information content (AvgIpc) is 3.07. The number of nitrogens with one attached hydrogen (secondary N) is 1. The van der Waals surface area contributed by atoms with Gasteiger partial charge in [-0.25, -0.2) is 9.69 Å². The number of methoxy groups -OCH3 is 1. The van der Waals surface area contributed by atoms with Crippen molar-refractivity contribution in [3.63, 3.8) is 0 Å². The molecule has 2 bridgehead atoms. The van der Waals surface area contributed by atoms with Crippen molar-refractivity contribution < 1.29 is 19.1 Å². The fourth-order valence-electron chi connectivity index (χ4n) is 5.05. The summed E-state index contributed by atoms with van der Waals surface area (Å²) in [6.45, 7) is 1.66. The van der Waals surface area contributed by atoms with E-state index in [1.54, 1.807) is 41.3 Å². The Balaban J connectivity index is 1.28. The lowest BCUT2D eigenvalue weighted by Crippen LogP contribution is -2.50. The van der Waals surface area contributed by atoms with Crippen LogP contribution in [0.3, 0.4) is 0 Å². The van der Waals surface area contributed by atoms with Crippen LogP contribution in [-0.4, -0.2) is 53.6 Å². The largest absolute Gasteiger partial charge is 0.497 e. The van der Waals surface area contributed by atoms with Crippen LogP contribution < -0.4 is 20.5 Å². The van der Waals surface area contributed by atoms with Gasteiger partial charge in [-0.2, -0.15) is 0 Å². The van der Waals surface area contributed by atoms with Gasteiger partial charge in [0.25, 0.3) is 11.5 Å². The fraction of sp³-hybridized carbons (Fsp3) is 0.391. The van der Waals surface area contributed by atoms with Crippen LogP contribution in [0.1, 0.15) is 24.5 Å². The number of hydrogen-bond donors (Lipinski definition) is 1. The minimum atomic E-state index is -0.895. The predicted molar refractivity (Wildman–Crippen MR) is 116 cm³/mol. The predicted octanol–water partition coefficient (Wildman–Crippen LogP) is 1.32. The first kappa shape index (κ1) is 20.3. The molecule has 9 heteroatoms. The van der Waals surface area contributed by atoms with Gasteiger partial charge in [-0.05, 0) is 42.7 Å². The maximum Gasteiger partial charge on any atom is 0.329 e. The molecule has 3 aliphatic rings. The minimum Gasteiger partial charge on any atom is -0.497 e. The molecule has 2 fully saturated rings. The Morgan fingerprint density at radius 1 is 1.06 bits per heavy atom. The van der Waals surface area contributed by atoms with Crippen LogP contribution in [0.25, 0.3) is 0 Å². The molecule has 0 spiro atoms. The number of carbonyl (C=O) groups is 3. The number of pyridine rings is 1. The summed E-state index contributed by atoms with van der Waals surface area (Å²) in [7, 11) is 1.54. The molecule has 9 nitrogen and oxygen atoms in total. The molecule has 3 atom stereocenters. The highest BCUT2D eigenvalue weighted by molar-refractivity contribution is 6.22. The van der Waals surface area contributed by atoms with E-state index in [1.807, 2.05) is 10.6 Å². The van der Waals surface area contributed by atoms with Crippen molar-refractivity contribution in [3.8, 4) is 5.75 Å². The summed E-state index contributed by atoms with van der Waals surface area (Å²) in [5, 5.41) is 2.64. The average molecular weight is 436 g/mol.